The van der Waals surface area contributed by atoms with Crippen LogP contribution in [0.5, 0.6) is 0 Å². The zero-order valence-electron chi connectivity index (χ0n) is 9.05. The van der Waals surface area contributed by atoms with Crippen LogP contribution >= 0.6 is 0 Å². The number of carbonyl (C=O) groups excluding carboxylic acids is 1. The number of amides is 1. The Morgan fingerprint density at radius 1 is 1.43 bits per heavy atom. The highest BCUT2D eigenvalue weighted by Crippen LogP contribution is 2.20. The van der Waals surface area contributed by atoms with Crippen LogP contribution < -0.4 is 0 Å². The lowest BCUT2D eigenvalue weighted by molar-refractivity contribution is -0.0137. The van der Waals surface area contributed by atoms with Gasteiger partial charge in [0.1, 0.15) is 5.60 Å². The molecule has 0 aliphatic carbocycles. The SMILES string of the molecule is CC(C)(C)OC(=O)N1CCCCC1F. The van der Waals surface area contributed by atoms with Gasteiger partial charge in [-0.05, 0) is 40.0 Å². The minimum atomic E-state index is -1.17. The van der Waals surface area contributed by atoms with Crippen molar-refractivity contribution in [3.63, 3.8) is 0 Å². The second kappa shape index (κ2) is 4.15. The van der Waals surface area contributed by atoms with E-state index in [0.29, 0.717) is 13.0 Å². The Balaban J connectivity index is 2.50. The Bertz CT molecular complexity index is 213. The van der Waals surface area contributed by atoms with Crippen molar-refractivity contribution in [3.8, 4) is 0 Å². The lowest BCUT2D eigenvalue weighted by atomic mass is 10.1. The van der Waals surface area contributed by atoms with E-state index in [1.54, 1.807) is 20.8 Å². The van der Waals surface area contributed by atoms with E-state index in [-0.39, 0.29) is 0 Å². The van der Waals surface area contributed by atoms with Gasteiger partial charge in [0.2, 0.25) is 0 Å². The van der Waals surface area contributed by atoms with Crippen molar-refractivity contribution in [3.05, 3.63) is 0 Å². The molecule has 1 fully saturated rings. The zero-order chi connectivity index (χ0) is 10.8. The Labute approximate surface area is 84.2 Å². The molecule has 1 rings (SSSR count). The minimum absolute atomic E-state index is 0.430. The van der Waals surface area contributed by atoms with Crippen molar-refractivity contribution in [2.75, 3.05) is 6.54 Å². The van der Waals surface area contributed by atoms with Crippen LogP contribution in [0.3, 0.4) is 0 Å². The first-order chi connectivity index (χ1) is 6.40. The Morgan fingerprint density at radius 2 is 2.07 bits per heavy atom. The van der Waals surface area contributed by atoms with Crippen LogP contribution in [-0.2, 0) is 4.74 Å². The Hall–Kier alpha value is -0.800. The third-order valence-corrected chi connectivity index (χ3v) is 2.06. The molecule has 1 unspecified atom stereocenters. The van der Waals surface area contributed by atoms with Crippen LogP contribution in [0, 0.1) is 0 Å². The topological polar surface area (TPSA) is 29.5 Å². The lowest BCUT2D eigenvalue weighted by Gasteiger charge is -2.32. The molecular weight excluding hydrogens is 185 g/mol. The summed E-state index contributed by atoms with van der Waals surface area (Å²) in [5.41, 5.74) is -0.547. The first kappa shape index (κ1) is 11.3. The lowest BCUT2D eigenvalue weighted by Crippen LogP contribution is -2.44. The molecule has 0 aromatic rings. The molecule has 14 heavy (non-hydrogen) atoms. The molecule has 0 saturated carbocycles. The van der Waals surface area contributed by atoms with E-state index in [4.69, 9.17) is 4.74 Å². The quantitative estimate of drug-likeness (QED) is 0.566. The molecule has 1 atom stereocenters. The van der Waals surface area contributed by atoms with Gasteiger partial charge in [0.05, 0.1) is 0 Å². The highest BCUT2D eigenvalue weighted by atomic mass is 19.1. The van der Waals surface area contributed by atoms with Crippen LogP contribution in [-0.4, -0.2) is 29.4 Å². The molecular formula is C10H18FNO2. The monoisotopic (exact) mass is 203 g/mol. The van der Waals surface area contributed by atoms with E-state index in [1.165, 1.54) is 4.90 Å². The Morgan fingerprint density at radius 3 is 2.57 bits per heavy atom. The van der Waals surface area contributed by atoms with Crippen LogP contribution in [0.2, 0.25) is 0 Å². The molecule has 1 aliphatic rings. The maximum absolute atomic E-state index is 13.3. The molecule has 1 amide bonds. The fraction of sp³-hybridized carbons (Fsp3) is 0.900. The normalized spacial score (nSPS) is 23.4. The summed E-state index contributed by atoms with van der Waals surface area (Å²) in [5, 5.41) is 0. The zero-order valence-corrected chi connectivity index (χ0v) is 9.05. The maximum Gasteiger partial charge on any atom is 0.412 e. The van der Waals surface area contributed by atoms with E-state index >= 15 is 0 Å². The summed E-state index contributed by atoms with van der Waals surface area (Å²) in [7, 11) is 0. The highest BCUT2D eigenvalue weighted by molar-refractivity contribution is 5.68. The first-order valence-electron chi connectivity index (χ1n) is 5.04. The summed E-state index contributed by atoms with van der Waals surface area (Å²) in [6.45, 7) is 5.81. The van der Waals surface area contributed by atoms with E-state index in [1.807, 2.05) is 0 Å². The molecule has 1 aliphatic heterocycles. The van der Waals surface area contributed by atoms with E-state index in [2.05, 4.69) is 0 Å². The molecule has 0 aromatic heterocycles. The molecule has 0 bridgehead atoms. The van der Waals surface area contributed by atoms with Crippen molar-refractivity contribution in [2.24, 2.45) is 0 Å². The standard InChI is InChI=1S/C10H18FNO2/c1-10(2,3)14-9(13)12-7-5-4-6-8(12)11/h8H,4-7H2,1-3H3. The average Bonchev–Trinajstić information content (AvgIpc) is 2.01. The van der Waals surface area contributed by atoms with Crippen LogP contribution in [0.15, 0.2) is 0 Å². The van der Waals surface area contributed by atoms with Gasteiger partial charge in [-0.1, -0.05) is 0 Å². The summed E-state index contributed by atoms with van der Waals surface area (Å²) >= 11 is 0. The predicted octanol–water partition coefficient (Wildman–Crippen LogP) is 2.70. The van der Waals surface area contributed by atoms with Crippen molar-refractivity contribution < 1.29 is 13.9 Å². The van der Waals surface area contributed by atoms with E-state index < -0.39 is 18.0 Å². The summed E-state index contributed by atoms with van der Waals surface area (Å²) in [6, 6.07) is 0. The van der Waals surface area contributed by atoms with Crippen molar-refractivity contribution >= 4 is 6.09 Å². The Kier molecular flexibility index (Phi) is 3.34. The molecule has 82 valence electrons. The van der Waals surface area contributed by atoms with Gasteiger partial charge < -0.3 is 4.74 Å². The molecule has 3 nitrogen and oxygen atoms in total. The summed E-state index contributed by atoms with van der Waals surface area (Å²) < 4.78 is 18.4. The number of alkyl halides is 1. The summed E-state index contributed by atoms with van der Waals surface area (Å²) in [5.74, 6) is 0. The van der Waals surface area contributed by atoms with Crippen molar-refractivity contribution in [2.45, 2.75) is 51.9 Å². The van der Waals surface area contributed by atoms with Gasteiger partial charge in [0, 0.05) is 6.54 Å². The molecule has 1 heterocycles. The third kappa shape index (κ3) is 3.16. The molecule has 0 spiro atoms. The van der Waals surface area contributed by atoms with Crippen LogP contribution in [0.25, 0.3) is 0 Å². The molecule has 0 aromatic carbocycles. The van der Waals surface area contributed by atoms with Crippen LogP contribution in [0.4, 0.5) is 9.18 Å². The van der Waals surface area contributed by atoms with E-state index in [9.17, 15) is 9.18 Å². The van der Waals surface area contributed by atoms with Gasteiger partial charge >= 0.3 is 6.09 Å². The number of rotatable bonds is 0. The average molecular weight is 203 g/mol. The van der Waals surface area contributed by atoms with Gasteiger partial charge in [-0.25, -0.2) is 9.18 Å². The minimum Gasteiger partial charge on any atom is -0.444 e. The number of hydrogen-bond acceptors (Lipinski definition) is 2. The van der Waals surface area contributed by atoms with Gasteiger partial charge in [-0.3, -0.25) is 4.90 Å². The molecule has 4 heteroatoms. The largest absolute Gasteiger partial charge is 0.444 e. The molecule has 0 radical (unpaired) electrons. The van der Waals surface area contributed by atoms with Gasteiger partial charge in [0.25, 0.3) is 0 Å². The summed E-state index contributed by atoms with van der Waals surface area (Å²) in [4.78, 5) is 12.7. The number of hydrogen-bond donors (Lipinski definition) is 0. The second-order valence-electron chi connectivity index (χ2n) is 4.60. The van der Waals surface area contributed by atoms with Crippen molar-refractivity contribution in [1.29, 1.82) is 0 Å². The van der Waals surface area contributed by atoms with Crippen molar-refractivity contribution in [1.82, 2.24) is 4.90 Å². The van der Waals surface area contributed by atoms with E-state index in [0.717, 1.165) is 12.8 Å². The highest BCUT2D eigenvalue weighted by Gasteiger charge is 2.29. The summed E-state index contributed by atoms with van der Waals surface area (Å²) in [6.07, 6.45) is 0.433. The maximum atomic E-state index is 13.3. The molecule has 1 saturated heterocycles. The predicted molar refractivity (Wildman–Crippen MR) is 51.7 cm³/mol. The first-order valence-corrected chi connectivity index (χ1v) is 5.04. The number of piperidine rings is 1. The fourth-order valence-electron chi connectivity index (χ4n) is 1.42. The number of carbonyl (C=O) groups is 1. The number of likely N-dealkylation sites (tertiary alicyclic amines) is 1. The second-order valence-corrected chi connectivity index (χ2v) is 4.60. The van der Waals surface area contributed by atoms with Crippen LogP contribution in [0.1, 0.15) is 40.0 Å². The smallest absolute Gasteiger partial charge is 0.412 e. The fourth-order valence-corrected chi connectivity index (χ4v) is 1.42. The third-order valence-electron chi connectivity index (χ3n) is 2.06. The number of halogens is 1. The van der Waals surface area contributed by atoms with Gasteiger partial charge in [0.15, 0.2) is 6.30 Å². The van der Waals surface area contributed by atoms with Gasteiger partial charge in [-0.2, -0.15) is 0 Å². The number of nitrogens with zero attached hydrogens (tertiary/aromatic N) is 1. The van der Waals surface area contributed by atoms with Gasteiger partial charge in [-0.15, -0.1) is 0 Å². The number of ether oxygens (including phenoxy) is 1. The molecule has 0 N–H and O–H groups in total.